The average Bonchev–Trinajstić information content (AvgIpc) is 2.74. The standard InChI is InChI=1S/C9H9N/c1-2-4-8(5-3-1)6-9-7-10-9/h1-5H,6-7H2. The fourth-order valence-electron chi connectivity index (χ4n) is 0.999. The molecule has 1 aliphatic heterocycles. The van der Waals surface area contributed by atoms with Gasteiger partial charge in [0, 0.05) is 12.1 Å². The molecule has 1 aliphatic rings. The van der Waals surface area contributed by atoms with Gasteiger partial charge in [-0.25, -0.2) is 0 Å². The first-order valence-corrected chi connectivity index (χ1v) is 3.51. The summed E-state index contributed by atoms with van der Waals surface area (Å²) in [7, 11) is 0. The number of nitrogens with zero attached hydrogens (tertiary/aromatic N) is 1. The highest BCUT2D eigenvalue weighted by Crippen LogP contribution is 2.06. The summed E-state index contributed by atoms with van der Waals surface area (Å²) < 4.78 is 0. The Morgan fingerprint density at radius 3 is 2.50 bits per heavy atom. The Morgan fingerprint density at radius 2 is 1.90 bits per heavy atom. The molecule has 0 atom stereocenters. The Bertz CT molecular complexity index is 249. The summed E-state index contributed by atoms with van der Waals surface area (Å²) >= 11 is 0. The summed E-state index contributed by atoms with van der Waals surface area (Å²) in [5.41, 5.74) is 2.71. The Kier molecular flexibility index (Phi) is 1.28. The maximum atomic E-state index is 4.11. The minimum atomic E-state index is 0.995. The van der Waals surface area contributed by atoms with Crippen LogP contribution < -0.4 is 0 Å². The van der Waals surface area contributed by atoms with Crippen molar-refractivity contribution < 1.29 is 0 Å². The van der Waals surface area contributed by atoms with Gasteiger partial charge >= 0.3 is 0 Å². The van der Waals surface area contributed by atoms with Crippen LogP contribution in [0.15, 0.2) is 35.3 Å². The van der Waals surface area contributed by atoms with Crippen LogP contribution >= 0.6 is 0 Å². The highest BCUT2D eigenvalue weighted by molar-refractivity contribution is 5.98. The summed E-state index contributed by atoms with van der Waals surface area (Å²) in [6, 6.07) is 10.5. The van der Waals surface area contributed by atoms with Crippen molar-refractivity contribution >= 4 is 5.71 Å². The van der Waals surface area contributed by atoms with Crippen LogP contribution in [-0.4, -0.2) is 12.3 Å². The van der Waals surface area contributed by atoms with Crippen molar-refractivity contribution in [2.75, 3.05) is 6.54 Å². The van der Waals surface area contributed by atoms with Gasteiger partial charge in [0.2, 0.25) is 0 Å². The molecule has 0 bridgehead atoms. The molecule has 1 heteroatoms. The van der Waals surface area contributed by atoms with E-state index in [-0.39, 0.29) is 0 Å². The second-order valence-electron chi connectivity index (χ2n) is 2.54. The number of aliphatic imine (C=N–C) groups is 1. The Balaban J connectivity index is 2.11. The molecule has 1 nitrogen and oxygen atoms in total. The molecule has 2 rings (SSSR count). The topological polar surface area (TPSA) is 12.4 Å². The molecular formula is C9H9N. The highest BCUT2D eigenvalue weighted by Gasteiger charge is 2.08. The first-order chi connectivity index (χ1) is 4.95. The lowest BCUT2D eigenvalue weighted by Gasteiger charge is -1.91. The maximum Gasteiger partial charge on any atom is 0.0771 e. The maximum absolute atomic E-state index is 4.11. The van der Waals surface area contributed by atoms with Gasteiger partial charge in [0.1, 0.15) is 0 Å². The molecule has 0 radical (unpaired) electrons. The zero-order chi connectivity index (χ0) is 6.81. The third-order valence-corrected chi connectivity index (χ3v) is 1.63. The van der Waals surface area contributed by atoms with Crippen molar-refractivity contribution in [1.29, 1.82) is 0 Å². The van der Waals surface area contributed by atoms with E-state index in [2.05, 4.69) is 29.3 Å². The predicted octanol–water partition coefficient (Wildman–Crippen LogP) is 1.68. The third kappa shape index (κ3) is 1.24. The van der Waals surface area contributed by atoms with Crippen molar-refractivity contribution in [1.82, 2.24) is 0 Å². The molecule has 0 unspecified atom stereocenters. The van der Waals surface area contributed by atoms with Crippen LogP contribution in [-0.2, 0) is 6.42 Å². The zero-order valence-electron chi connectivity index (χ0n) is 5.75. The van der Waals surface area contributed by atoms with Gasteiger partial charge in [0.15, 0.2) is 0 Å². The van der Waals surface area contributed by atoms with Gasteiger partial charge in [-0.1, -0.05) is 30.3 Å². The number of rotatable bonds is 2. The quantitative estimate of drug-likeness (QED) is 0.579. The second kappa shape index (κ2) is 2.25. The molecule has 0 aliphatic carbocycles. The van der Waals surface area contributed by atoms with Crippen molar-refractivity contribution in [2.45, 2.75) is 6.42 Å². The van der Waals surface area contributed by atoms with Gasteiger partial charge in [-0.2, -0.15) is 0 Å². The summed E-state index contributed by atoms with van der Waals surface area (Å²) in [6.45, 7) is 0.995. The monoisotopic (exact) mass is 131 g/mol. The van der Waals surface area contributed by atoms with Gasteiger partial charge in [-0.05, 0) is 5.56 Å². The summed E-state index contributed by atoms with van der Waals surface area (Å²) in [5.74, 6) is 0. The highest BCUT2D eigenvalue weighted by atomic mass is 14.9. The van der Waals surface area contributed by atoms with Gasteiger partial charge in [-0.3, -0.25) is 4.99 Å². The van der Waals surface area contributed by atoms with E-state index >= 15 is 0 Å². The normalized spacial score (nSPS) is 14.6. The van der Waals surface area contributed by atoms with Crippen LogP contribution in [0.25, 0.3) is 0 Å². The van der Waals surface area contributed by atoms with Crippen LogP contribution in [0.3, 0.4) is 0 Å². The van der Waals surface area contributed by atoms with E-state index < -0.39 is 0 Å². The fraction of sp³-hybridized carbons (Fsp3) is 0.222. The SMILES string of the molecule is c1ccc(CC2=NC2)cc1. The Hall–Kier alpha value is -1.11. The minimum Gasteiger partial charge on any atom is -0.286 e. The van der Waals surface area contributed by atoms with E-state index in [1.165, 1.54) is 11.3 Å². The second-order valence-corrected chi connectivity index (χ2v) is 2.54. The molecule has 0 N–H and O–H groups in total. The molecule has 0 saturated carbocycles. The zero-order valence-corrected chi connectivity index (χ0v) is 5.75. The van der Waals surface area contributed by atoms with Crippen LogP contribution in [0.5, 0.6) is 0 Å². The summed E-state index contributed by atoms with van der Waals surface area (Å²) in [5, 5.41) is 0. The van der Waals surface area contributed by atoms with Gasteiger partial charge < -0.3 is 0 Å². The minimum absolute atomic E-state index is 0.995. The van der Waals surface area contributed by atoms with Crippen molar-refractivity contribution in [3.63, 3.8) is 0 Å². The lowest BCUT2D eigenvalue weighted by Crippen LogP contribution is -1.89. The van der Waals surface area contributed by atoms with E-state index in [0.29, 0.717) is 0 Å². The molecule has 10 heavy (non-hydrogen) atoms. The van der Waals surface area contributed by atoms with E-state index in [9.17, 15) is 0 Å². The van der Waals surface area contributed by atoms with E-state index in [4.69, 9.17) is 0 Å². The van der Waals surface area contributed by atoms with E-state index in [1.807, 2.05) is 6.07 Å². The number of benzene rings is 1. The predicted molar refractivity (Wildman–Crippen MR) is 42.4 cm³/mol. The van der Waals surface area contributed by atoms with E-state index in [0.717, 1.165) is 13.0 Å². The lowest BCUT2D eigenvalue weighted by molar-refractivity contribution is 1.36. The lowest BCUT2D eigenvalue weighted by atomic mass is 10.1. The average molecular weight is 131 g/mol. The van der Waals surface area contributed by atoms with Crippen LogP contribution in [0.2, 0.25) is 0 Å². The Labute approximate surface area is 60.4 Å². The molecule has 1 aromatic carbocycles. The molecule has 1 heterocycles. The molecule has 0 saturated heterocycles. The smallest absolute Gasteiger partial charge is 0.0771 e. The Morgan fingerprint density at radius 1 is 1.20 bits per heavy atom. The first-order valence-electron chi connectivity index (χ1n) is 3.51. The first kappa shape index (κ1) is 5.66. The van der Waals surface area contributed by atoms with Gasteiger partial charge in [-0.15, -0.1) is 0 Å². The summed E-state index contributed by atoms with van der Waals surface area (Å²) in [6.07, 6.45) is 1.06. The summed E-state index contributed by atoms with van der Waals surface area (Å²) in [4.78, 5) is 4.11. The molecular weight excluding hydrogens is 122 g/mol. The molecule has 1 aromatic rings. The van der Waals surface area contributed by atoms with E-state index in [1.54, 1.807) is 0 Å². The van der Waals surface area contributed by atoms with Crippen molar-refractivity contribution in [3.05, 3.63) is 35.9 Å². The molecule has 0 aromatic heterocycles. The number of hydrogen-bond donors (Lipinski definition) is 0. The molecule has 0 fully saturated rings. The molecule has 0 amide bonds. The van der Waals surface area contributed by atoms with Gasteiger partial charge in [0.05, 0.1) is 6.54 Å². The fourth-order valence-corrected chi connectivity index (χ4v) is 0.999. The molecule has 50 valence electrons. The third-order valence-electron chi connectivity index (χ3n) is 1.63. The largest absolute Gasteiger partial charge is 0.286 e. The van der Waals surface area contributed by atoms with Crippen molar-refractivity contribution in [3.8, 4) is 0 Å². The van der Waals surface area contributed by atoms with Crippen molar-refractivity contribution in [2.24, 2.45) is 4.99 Å². The molecule has 0 spiro atoms. The van der Waals surface area contributed by atoms with Gasteiger partial charge in [0.25, 0.3) is 0 Å². The number of hydrogen-bond acceptors (Lipinski definition) is 1. The van der Waals surface area contributed by atoms with Crippen LogP contribution in [0.1, 0.15) is 5.56 Å². The van der Waals surface area contributed by atoms with Crippen LogP contribution in [0.4, 0.5) is 0 Å². The van der Waals surface area contributed by atoms with Crippen LogP contribution in [0, 0.1) is 0 Å².